The molecule has 9 heteroatoms. The second kappa shape index (κ2) is 7.75. The first kappa shape index (κ1) is 16.2. The summed E-state index contributed by atoms with van der Waals surface area (Å²) in [4.78, 5) is 29.3. The van der Waals surface area contributed by atoms with Crippen LogP contribution in [0.3, 0.4) is 0 Å². The third-order valence-electron chi connectivity index (χ3n) is 3.15. The van der Waals surface area contributed by atoms with Gasteiger partial charge >= 0.3 is 0 Å². The van der Waals surface area contributed by atoms with E-state index in [1.807, 2.05) is 11.4 Å². The maximum absolute atomic E-state index is 12.4. The maximum atomic E-state index is 12.4. The number of methoxy groups -OCH3 is 1. The standard InChI is InChI=1S/C15H16N6O2S/c1-23-6-5-18-14(22)12-13-11(2-7-24-13)20-15(21-12)19-9-10-8-16-3-4-17-10/h2-4,7-8H,5-6,9H2,1H3,(H,18,22)(H,19,20,21). The summed E-state index contributed by atoms with van der Waals surface area (Å²) in [5.41, 5.74) is 1.85. The van der Waals surface area contributed by atoms with Crippen LogP contribution in [0.15, 0.2) is 30.0 Å². The molecule has 3 heterocycles. The summed E-state index contributed by atoms with van der Waals surface area (Å²) in [6.07, 6.45) is 4.89. The molecule has 0 saturated heterocycles. The highest BCUT2D eigenvalue weighted by Crippen LogP contribution is 2.23. The zero-order valence-electron chi connectivity index (χ0n) is 13.0. The van der Waals surface area contributed by atoms with Crippen molar-refractivity contribution < 1.29 is 9.53 Å². The highest BCUT2D eigenvalue weighted by atomic mass is 32.1. The van der Waals surface area contributed by atoms with E-state index in [-0.39, 0.29) is 5.91 Å². The van der Waals surface area contributed by atoms with Crippen LogP contribution in [0.5, 0.6) is 0 Å². The Hall–Kier alpha value is -2.65. The molecule has 0 aromatic carbocycles. The van der Waals surface area contributed by atoms with Crippen molar-refractivity contribution >= 4 is 33.4 Å². The van der Waals surface area contributed by atoms with Crippen molar-refractivity contribution in [1.82, 2.24) is 25.3 Å². The molecule has 0 aliphatic rings. The highest BCUT2D eigenvalue weighted by Gasteiger charge is 2.16. The molecule has 0 radical (unpaired) electrons. The smallest absolute Gasteiger partial charge is 0.271 e. The van der Waals surface area contributed by atoms with Gasteiger partial charge in [0, 0.05) is 26.0 Å². The van der Waals surface area contributed by atoms with Crippen molar-refractivity contribution in [1.29, 1.82) is 0 Å². The van der Waals surface area contributed by atoms with E-state index in [4.69, 9.17) is 4.74 Å². The summed E-state index contributed by atoms with van der Waals surface area (Å²) in [5, 5.41) is 7.75. The second-order valence-electron chi connectivity index (χ2n) is 4.83. The molecule has 124 valence electrons. The van der Waals surface area contributed by atoms with Crippen LogP contribution in [0.2, 0.25) is 0 Å². The van der Waals surface area contributed by atoms with E-state index < -0.39 is 0 Å². The summed E-state index contributed by atoms with van der Waals surface area (Å²) in [6.45, 7) is 1.30. The molecule has 3 aromatic rings. The first-order valence-corrected chi connectivity index (χ1v) is 8.17. The monoisotopic (exact) mass is 344 g/mol. The van der Waals surface area contributed by atoms with Gasteiger partial charge in [-0.05, 0) is 11.4 Å². The van der Waals surface area contributed by atoms with Crippen LogP contribution < -0.4 is 10.6 Å². The van der Waals surface area contributed by atoms with E-state index in [1.54, 1.807) is 25.7 Å². The summed E-state index contributed by atoms with van der Waals surface area (Å²) < 4.78 is 5.70. The first-order valence-electron chi connectivity index (χ1n) is 7.29. The lowest BCUT2D eigenvalue weighted by atomic mass is 10.3. The van der Waals surface area contributed by atoms with Gasteiger partial charge in [0.2, 0.25) is 5.95 Å². The summed E-state index contributed by atoms with van der Waals surface area (Å²) in [7, 11) is 1.59. The Morgan fingerprint density at radius 3 is 3.04 bits per heavy atom. The Kier molecular flexibility index (Phi) is 5.24. The van der Waals surface area contributed by atoms with Gasteiger partial charge in [0.1, 0.15) is 0 Å². The van der Waals surface area contributed by atoms with Crippen LogP contribution in [-0.4, -0.2) is 46.1 Å². The fraction of sp³-hybridized carbons (Fsp3) is 0.267. The van der Waals surface area contributed by atoms with Gasteiger partial charge in [-0.1, -0.05) is 0 Å². The summed E-state index contributed by atoms with van der Waals surface area (Å²) >= 11 is 1.44. The number of anilines is 1. The number of hydrogen-bond acceptors (Lipinski definition) is 8. The molecule has 8 nitrogen and oxygen atoms in total. The van der Waals surface area contributed by atoms with Crippen molar-refractivity contribution in [3.05, 3.63) is 41.4 Å². The molecule has 0 saturated carbocycles. The number of nitrogens with one attached hydrogen (secondary N) is 2. The molecule has 2 N–H and O–H groups in total. The topological polar surface area (TPSA) is 102 Å². The predicted octanol–water partition coefficient (Wildman–Crippen LogP) is 1.47. The molecule has 3 rings (SSSR count). The van der Waals surface area contributed by atoms with Crippen LogP contribution >= 0.6 is 11.3 Å². The minimum absolute atomic E-state index is 0.246. The Morgan fingerprint density at radius 1 is 1.33 bits per heavy atom. The Morgan fingerprint density at radius 2 is 2.25 bits per heavy atom. The van der Waals surface area contributed by atoms with E-state index in [9.17, 15) is 4.79 Å². The van der Waals surface area contributed by atoms with Gasteiger partial charge in [-0.3, -0.25) is 14.8 Å². The molecule has 0 fully saturated rings. The molecule has 0 unspecified atom stereocenters. The van der Waals surface area contributed by atoms with Crippen molar-refractivity contribution in [3.63, 3.8) is 0 Å². The van der Waals surface area contributed by atoms with Gasteiger partial charge in [0.15, 0.2) is 5.69 Å². The maximum Gasteiger partial charge on any atom is 0.271 e. The molecule has 3 aromatic heterocycles. The second-order valence-corrected chi connectivity index (χ2v) is 5.75. The van der Waals surface area contributed by atoms with Gasteiger partial charge < -0.3 is 15.4 Å². The molecule has 0 bridgehead atoms. The lowest BCUT2D eigenvalue weighted by Crippen LogP contribution is -2.28. The van der Waals surface area contributed by atoms with E-state index in [1.165, 1.54) is 11.3 Å². The number of thiophene rings is 1. The molecule has 0 aliphatic heterocycles. The Labute approximate surface area is 142 Å². The number of aromatic nitrogens is 4. The third kappa shape index (κ3) is 3.81. The predicted molar refractivity (Wildman–Crippen MR) is 91.0 cm³/mol. The van der Waals surface area contributed by atoms with Crippen molar-refractivity contribution in [3.8, 4) is 0 Å². The molecule has 0 aliphatic carbocycles. The summed E-state index contributed by atoms with van der Waals surface area (Å²) in [5.74, 6) is 0.132. The van der Waals surface area contributed by atoms with Gasteiger partial charge in [-0.15, -0.1) is 11.3 Å². The van der Waals surface area contributed by atoms with E-state index in [2.05, 4.69) is 30.6 Å². The van der Waals surface area contributed by atoms with Crippen LogP contribution in [0.25, 0.3) is 10.2 Å². The first-order chi connectivity index (χ1) is 11.8. The number of ether oxygens (including phenoxy) is 1. The van der Waals surface area contributed by atoms with Crippen LogP contribution in [-0.2, 0) is 11.3 Å². The van der Waals surface area contributed by atoms with E-state index in [0.717, 1.165) is 15.9 Å². The van der Waals surface area contributed by atoms with Gasteiger partial charge in [-0.2, -0.15) is 0 Å². The quantitative estimate of drug-likeness (QED) is 0.626. The van der Waals surface area contributed by atoms with E-state index >= 15 is 0 Å². The average molecular weight is 344 g/mol. The van der Waals surface area contributed by atoms with Gasteiger partial charge in [0.05, 0.1) is 35.3 Å². The van der Waals surface area contributed by atoms with Gasteiger partial charge in [0.25, 0.3) is 5.91 Å². The van der Waals surface area contributed by atoms with Crippen LogP contribution in [0, 0.1) is 0 Å². The van der Waals surface area contributed by atoms with Gasteiger partial charge in [-0.25, -0.2) is 9.97 Å². The lowest BCUT2D eigenvalue weighted by Gasteiger charge is -2.08. The number of carbonyl (C=O) groups excluding carboxylic acids is 1. The SMILES string of the molecule is COCCNC(=O)c1nc(NCc2cnccn2)nc2ccsc12. The summed E-state index contributed by atoms with van der Waals surface area (Å²) in [6, 6.07) is 1.86. The highest BCUT2D eigenvalue weighted by molar-refractivity contribution is 7.17. The number of amides is 1. The van der Waals surface area contributed by atoms with Crippen molar-refractivity contribution in [2.24, 2.45) is 0 Å². The molecule has 0 atom stereocenters. The van der Waals surface area contributed by atoms with Crippen molar-refractivity contribution in [2.75, 3.05) is 25.6 Å². The largest absolute Gasteiger partial charge is 0.383 e. The molecule has 0 spiro atoms. The number of fused-ring (bicyclic) bond motifs is 1. The molecule has 1 amide bonds. The zero-order valence-corrected chi connectivity index (χ0v) is 13.8. The van der Waals surface area contributed by atoms with Crippen molar-refractivity contribution in [2.45, 2.75) is 6.54 Å². The fourth-order valence-electron chi connectivity index (χ4n) is 2.04. The van der Waals surface area contributed by atoms with E-state index in [0.29, 0.717) is 31.3 Å². The third-order valence-corrected chi connectivity index (χ3v) is 4.07. The minimum Gasteiger partial charge on any atom is -0.383 e. The lowest BCUT2D eigenvalue weighted by molar-refractivity contribution is 0.0934. The Bertz CT molecular complexity index is 823. The van der Waals surface area contributed by atoms with Crippen LogP contribution in [0.1, 0.15) is 16.2 Å². The minimum atomic E-state index is -0.246. The molecular formula is C15H16N6O2S. The normalized spacial score (nSPS) is 10.7. The number of nitrogens with zero attached hydrogens (tertiary/aromatic N) is 4. The molecular weight excluding hydrogens is 328 g/mol. The fourth-order valence-corrected chi connectivity index (χ4v) is 2.86. The zero-order chi connectivity index (χ0) is 16.8. The number of carbonyl (C=O) groups is 1. The number of rotatable bonds is 7. The Balaban J connectivity index is 1.80. The average Bonchev–Trinajstić information content (AvgIpc) is 3.08. The van der Waals surface area contributed by atoms with Crippen LogP contribution in [0.4, 0.5) is 5.95 Å². The number of hydrogen-bond donors (Lipinski definition) is 2. The molecule has 24 heavy (non-hydrogen) atoms.